The number of hydrogen-bond donors (Lipinski definition) is 2. The summed E-state index contributed by atoms with van der Waals surface area (Å²) >= 11 is 0. The summed E-state index contributed by atoms with van der Waals surface area (Å²) in [7, 11) is 5.70. The zero-order chi connectivity index (χ0) is 19.2. The highest BCUT2D eigenvalue weighted by molar-refractivity contribution is 5.90. The van der Waals surface area contributed by atoms with Crippen molar-refractivity contribution in [3.05, 3.63) is 24.3 Å². The Morgan fingerprint density at radius 2 is 2.04 bits per heavy atom. The molecule has 3 heterocycles. The second-order valence-corrected chi connectivity index (χ2v) is 6.08. The van der Waals surface area contributed by atoms with Crippen molar-refractivity contribution in [3.8, 4) is 0 Å². The van der Waals surface area contributed by atoms with Crippen molar-refractivity contribution in [1.82, 2.24) is 35.0 Å². The van der Waals surface area contributed by atoms with E-state index in [4.69, 9.17) is 14.8 Å². The minimum atomic E-state index is 0. The van der Waals surface area contributed by atoms with E-state index >= 15 is 0 Å². The molecule has 0 fully saturated rings. The highest BCUT2D eigenvalue weighted by Crippen LogP contribution is 2.27. The van der Waals surface area contributed by atoms with Crippen LogP contribution in [0.2, 0.25) is 0 Å². The molecule has 2 N–H and O–H groups in total. The van der Waals surface area contributed by atoms with Crippen molar-refractivity contribution in [2.24, 2.45) is 0 Å². The number of halogens is 1. The molecule has 11 heteroatoms. The van der Waals surface area contributed by atoms with E-state index in [1.807, 2.05) is 37.6 Å². The summed E-state index contributed by atoms with van der Waals surface area (Å²) < 4.78 is 7.39. The van der Waals surface area contributed by atoms with Gasteiger partial charge in [-0.3, -0.25) is 9.67 Å². The van der Waals surface area contributed by atoms with Crippen molar-refractivity contribution < 1.29 is 4.74 Å². The first-order chi connectivity index (χ1) is 13.1. The van der Waals surface area contributed by atoms with Crippen molar-refractivity contribution in [1.29, 1.82) is 0 Å². The maximum atomic E-state index is 5.51. The minimum Gasteiger partial charge on any atom is -0.380 e. The molecule has 0 aromatic carbocycles. The van der Waals surface area contributed by atoms with E-state index in [-0.39, 0.29) is 12.4 Å². The number of anilines is 3. The second-order valence-electron chi connectivity index (χ2n) is 6.08. The Bertz CT molecular complexity index is 885. The Morgan fingerprint density at radius 3 is 2.68 bits per heavy atom. The summed E-state index contributed by atoms with van der Waals surface area (Å²) in [5.74, 6) is 1.83. The number of nitrogens with zero attached hydrogens (tertiary/aromatic N) is 7. The zero-order valence-electron chi connectivity index (χ0n) is 16.5. The Labute approximate surface area is 170 Å². The van der Waals surface area contributed by atoms with E-state index in [9.17, 15) is 0 Å². The van der Waals surface area contributed by atoms with E-state index in [0.29, 0.717) is 43.9 Å². The van der Waals surface area contributed by atoms with Gasteiger partial charge in [0.1, 0.15) is 22.5 Å². The maximum Gasteiger partial charge on any atom is 0.227 e. The van der Waals surface area contributed by atoms with Gasteiger partial charge in [0.25, 0.3) is 0 Å². The van der Waals surface area contributed by atoms with Crippen LogP contribution in [0, 0.1) is 0 Å². The summed E-state index contributed by atoms with van der Waals surface area (Å²) in [6, 6.07) is 0. The van der Waals surface area contributed by atoms with Gasteiger partial charge in [-0.2, -0.15) is 10.1 Å². The lowest BCUT2D eigenvalue weighted by Gasteiger charge is -2.14. The molecule has 0 saturated heterocycles. The molecule has 0 radical (unpaired) electrons. The molecular weight excluding hydrogens is 382 g/mol. The number of nitrogens with one attached hydrogen (secondary N) is 2. The first kappa shape index (κ1) is 21.7. The Morgan fingerprint density at radius 1 is 1.21 bits per heavy atom. The van der Waals surface area contributed by atoms with Crippen LogP contribution in [-0.4, -0.2) is 64.1 Å². The van der Waals surface area contributed by atoms with E-state index < -0.39 is 0 Å². The summed E-state index contributed by atoms with van der Waals surface area (Å²) in [6.45, 7) is 4.41. The van der Waals surface area contributed by atoms with Crippen LogP contribution in [0.5, 0.6) is 0 Å². The highest BCUT2D eigenvalue weighted by Gasteiger charge is 2.19. The molecule has 3 rings (SSSR count). The van der Waals surface area contributed by atoms with Crippen molar-refractivity contribution in [2.45, 2.75) is 20.0 Å². The summed E-state index contributed by atoms with van der Waals surface area (Å²) in [4.78, 5) is 19.6. The molecule has 10 nitrogen and oxygen atoms in total. The van der Waals surface area contributed by atoms with Gasteiger partial charge in [-0.1, -0.05) is 0 Å². The van der Waals surface area contributed by atoms with Gasteiger partial charge in [0.05, 0.1) is 19.3 Å². The van der Waals surface area contributed by atoms with Crippen LogP contribution in [0.25, 0.3) is 11.0 Å². The van der Waals surface area contributed by atoms with Gasteiger partial charge in [-0.05, 0) is 14.0 Å². The molecule has 0 unspecified atom stereocenters. The van der Waals surface area contributed by atoms with Crippen LogP contribution in [-0.2, 0) is 17.8 Å². The fourth-order valence-corrected chi connectivity index (χ4v) is 2.65. The van der Waals surface area contributed by atoms with E-state index in [1.165, 1.54) is 0 Å². The fraction of sp³-hybridized carbons (Fsp3) is 0.471. The van der Waals surface area contributed by atoms with Crippen molar-refractivity contribution >= 4 is 41.0 Å². The Balaban J connectivity index is 0.00000280. The van der Waals surface area contributed by atoms with Gasteiger partial charge in [0.2, 0.25) is 5.95 Å². The molecule has 3 aromatic rings. The molecule has 0 bridgehead atoms. The number of rotatable bonds is 9. The number of ether oxygens (including phenoxy) is 1. The fourth-order valence-electron chi connectivity index (χ4n) is 2.65. The molecule has 152 valence electrons. The zero-order valence-corrected chi connectivity index (χ0v) is 17.3. The molecular formula is C17H26ClN9O. The van der Waals surface area contributed by atoms with Crippen LogP contribution in [0.4, 0.5) is 17.6 Å². The van der Waals surface area contributed by atoms with Crippen LogP contribution in [0.3, 0.4) is 0 Å². The summed E-state index contributed by atoms with van der Waals surface area (Å²) in [5, 5.41) is 11.1. The molecule has 0 saturated carbocycles. The third-order valence-electron chi connectivity index (χ3n) is 3.85. The number of aromatic nitrogens is 6. The quantitative estimate of drug-likeness (QED) is 0.511. The number of hydrogen-bond acceptors (Lipinski definition) is 9. The third kappa shape index (κ3) is 4.83. The molecule has 0 aliphatic rings. The topological polar surface area (TPSA) is 106 Å². The van der Waals surface area contributed by atoms with E-state index in [2.05, 4.69) is 25.6 Å². The van der Waals surface area contributed by atoms with Gasteiger partial charge in [-0.15, -0.1) is 12.4 Å². The van der Waals surface area contributed by atoms with E-state index in [0.717, 1.165) is 16.7 Å². The molecule has 0 aliphatic heterocycles. The first-order valence-corrected chi connectivity index (χ1v) is 8.84. The molecule has 0 aliphatic carbocycles. The SMILES string of the molecule is CCOCCn1nc(CNC)c2nc(N(C)C)nc(Nc3cnccn3)c21.Cl. The van der Waals surface area contributed by atoms with Gasteiger partial charge in [0.15, 0.2) is 5.82 Å². The maximum absolute atomic E-state index is 5.51. The minimum absolute atomic E-state index is 0. The average molecular weight is 408 g/mol. The number of fused-ring (bicyclic) bond motifs is 1. The Hall–Kier alpha value is -2.56. The first-order valence-electron chi connectivity index (χ1n) is 8.84. The smallest absolute Gasteiger partial charge is 0.227 e. The summed E-state index contributed by atoms with van der Waals surface area (Å²) in [5.41, 5.74) is 2.47. The largest absolute Gasteiger partial charge is 0.380 e. The predicted octanol–water partition coefficient (Wildman–Crippen LogP) is 1.60. The van der Waals surface area contributed by atoms with Crippen molar-refractivity contribution in [3.63, 3.8) is 0 Å². The van der Waals surface area contributed by atoms with Gasteiger partial charge in [0, 0.05) is 39.6 Å². The monoisotopic (exact) mass is 407 g/mol. The molecule has 0 spiro atoms. The lowest BCUT2D eigenvalue weighted by Crippen LogP contribution is -2.15. The molecule has 0 atom stereocenters. The van der Waals surface area contributed by atoms with Gasteiger partial charge >= 0.3 is 0 Å². The summed E-state index contributed by atoms with van der Waals surface area (Å²) in [6.07, 6.45) is 4.91. The van der Waals surface area contributed by atoms with Crippen LogP contribution < -0.4 is 15.5 Å². The molecule has 28 heavy (non-hydrogen) atoms. The van der Waals surface area contributed by atoms with E-state index in [1.54, 1.807) is 18.6 Å². The lowest BCUT2D eigenvalue weighted by molar-refractivity contribution is 0.137. The average Bonchev–Trinajstić information content (AvgIpc) is 3.01. The lowest BCUT2D eigenvalue weighted by atomic mass is 10.3. The van der Waals surface area contributed by atoms with Crippen molar-refractivity contribution in [2.75, 3.05) is 44.6 Å². The predicted molar refractivity (Wildman–Crippen MR) is 111 cm³/mol. The van der Waals surface area contributed by atoms with Crippen LogP contribution >= 0.6 is 12.4 Å². The van der Waals surface area contributed by atoms with Gasteiger partial charge < -0.3 is 20.3 Å². The normalized spacial score (nSPS) is 10.7. The molecule has 0 amide bonds. The molecule has 3 aromatic heterocycles. The highest BCUT2D eigenvalue weighted by atomic mass is 35.5. The van der Waals surface area contributed by atoms with Gasteiger partial charge in [-0.25, -0.2) is 9.97 Å². The third-order valence-corrected chi connectivity index (χ3v) is 3.85. The standard InChI is InChI=1S/C17H25N9O.ClH/c1-5-27-9-8-26-15-14(12(24-26)10-18-2)22-17(25(3)4)23-16(15)21-13-11-19-6-7-20-13;/h6-7,11,18H,5,8-10H2,1-4H3,(H,20,21,22,23);1H. The second kappa shape index (κ2) is 10.1. The van der Waals surface area contributed by atoms with Crippen LogP contribution in [0.1, 0.15) is 12.6 Å². The Kier molecular flexibility index (Phi) is 7.85. The van der Waals surface area contributed by atoms with Crippen LogP contribution in [0.15, 0.2) is 18.6 Å².